The zero-order valence-electron chi connectivity index (χ0n) is 18.3. The number of hydrogen-bond acceptors (Lipinski definition) is 4. The highest BCUT2D eigenvalue weighted by Crippen LogP contribution is 2.24. The van der Waals surface area contributed by atoms with E-state index in [0.29, 0.717) is 22.6 Å². The van der Waals surface area contributed by atoms with Gasteiger partial charge in [0.1, 0.15) is 5.75 Å². The molecule has 0 spiro atoms. The largest absolute Gasteiger partial charge is 0.490 e. The number of amides is 2. The van der Waals surface area contributed by atoms with Gasteiger partial charge in [-0.1, -0.05) is 34.8 Å². The van der Waals surface area contributed by atoms with Crippen molar-refractivity contribution < 1.29 is 14.3 Å². The molecule has 0 radical (unpaired) electrons. The highest BCUT2D eigenvalue weighted by Gasteiger charge is 2.18. The maximum atomic E-state index is 12.9. The molecule has 0 unspecified atom stereocenters. The maximum Gasteiger partial charge on any atom is 0.261 e. The standard InChI is InChI=1S/C24H28BrN3O3S/c1-16(2)31-21-11-10-18(25)15-20(21)22(29)27-24(32)26-19-9-7-8-17(14-19)23(30)28-12-5-3-4-6-13-28/h7-11,14-16H,3-6,12-13H2,1-2H3,(H2,26,27,29,32). The van der Waals surface area contributed by atoms with Gasteiger partial charge in [0.25, 0.3) is 11.8 Å². The number of likely N-dealkylation sites (tertiary alicyclic amines) is 1. The van der Waals surface area contributed by atoms with E-state index < -0.39 is 0 Å². The third-order valence-corrected chi connectivity index (χ3v) is 5.73. The number of anilines is 1. The van der Waals surface area contributed by atoms with E-state index in [1.54, 1.807) is 30.3 Å². The summed E-state index contributed by atoms with van der Waals surface area (Å²) in [7, 11) is 0. The fourth-order valence-electron chi connectivity index (χ4n) is 3.56. The molecule has 1 fully saturated rings. The Kier molecular flexibility index (Phi) is 8.64. The van der Waals surface area contributed by atoms with E-state index in [1.165, 1.54) is 12.8 Å². The zero-order chi connectivity index (χ0) is 23.1. The van der Waals surface area contributed by atoms with Crippen LogP contribution in [0.1, 0.15) is 60.2 Å². The Morgan fingerprint density at radius 1 is 1.06 bits per heavy atom. The normalized spacial score (nSPS) is 13.9. The Bertz CT molecular complexity index is 988. The van der Waals surface area contributed by atoms with Gasteiger partial charge in [0, 0.05) is 28.8 Å². The number of nitrogens with one attached hydrogen (secondary N) is 2. The molecule has 32 heavy (non-hydrogen) atoms. The van der Waals surface area contributed by atoms with Crippen LogP contribution in [-0.4, -0.2) is 41.0 Å². The summed E-state index contributed by atoms with van der Waals surface area (Å²) in [6.07, 6.45) is 4.34. The second-order valence-corrected chi connectivity index (χ2v) is 9.33. The fourth-order valence-corrected chi connectivity index (χ4v) is 4.13. The van der Waals surface area contributed by atoms with Gasteiger partial charge in [-0.05, 0) is 75.3 Å². The summed E-state index contributed by atoms with van der Waals surface area (Å²) in [5, 5.41) is 5.84. The first kappa shape index (κ1) is 24.2. The Morgan fingerprint density at radius 3 is 2.47 bits per heavy atom. The van der Waals surface area contributed by atoms with Crippen LogP contribution in [0.2, 0.25) is 0 Å². The van der Waals surface area contributed by atoms with Gasteiger partial charge >= 0.3 is 0 Å². The van der Waals surface area contributed by atoms with Gasteiger partial charge in [-0.15, -0.1) is 0 Å². The molecule has 6 nitrogen and oxygen atoms in total. The topological polar surface area (TPSA) is 70.7 Å². The van der Waals surface area contributed by atoms with Crippen LogP contribution >= 0.6 is 28.1 Å². The highest BCUT2D eigenvalue weighted by molar-refractivity contribution is 9.10. The van der Waals surface area contributed by atoms with Crippen LogP contribution < -0.4 is 15.4 Å². The van der Waals surface area contributed by atoms with Gasteiger partial charge in [-0.25, -0.2) is 0 Å². The number of hydrogen-bond donors (Lipinski definition) is 2. The van der Waals surface area contributed by atoms with E-state index in [9.17, 15) is 9.59 Å². The van der Waals surface area contributed by atoms with Crippen molar-refractivity contribution in [3.63, 3.8) is 0 Å². The molecule has 8 heteroatoms. The lowest BCUT2D eigenvalue weighted by Crippen LogP contribution is -2.34. The molecule has 1 heterocycles. The van der Waals surface area contributed by atoms with E-state index in [4.69, 9.17) is 17.0 Å². The number of carbonyl (C=O) groups is 2. The predicted octanol–water partition coefficient (Wildman–Crippen LogP) is 5.38. The first-order chi connectivity index (χ1) is 15.3. The van der Waals surface area contributed by atoms with Gasteiger partial charge in [0.2, 0.25) is 0 Å². The second-order valence-electron chi connectivity index (χ2n) is 8.00. The Balaban J connectivity index is 1.66. The van der Waals surface area contributed by atoms with Crippen molar-refractivity contribution in [2.24, 2.45) is 0 Å². The van der Waals surface area contributed by atoms with E-state index in [-0.39, 0.29) is 23.0 Å². The molecular weight excluding hydrogens is 490 g/mol. The third kappa shape index (κ3) is 6.77. The smallest absolute Gasteiger partial charge is 0.261 e. The molecule has 2 aromatic carbocycles. The minimum Gasteiger partial charge on any atom is -0.490 e. The molecule has 2 N–H and O–H groups in total. The van der Waals surface area contributed by atoms with Crippen molar-refractivity contribution in [1.29, 1.82) is 0 Å². The molecule has 2 aromatic rings. The molecule has 170 valence electrons. The van der Waals surface area contributed by atoms with Crippen molar-refractivity contribution in [2.45, 2.75) is 45.6 Å². The summed E-state index contributed by atoms with van der Waals surface area (Å²) in [5.41, 5.74) is 1.62. The minimum absolute atomic E-state index is 0.0233. The summed E-state index contributed by atoms with van der Waals surface area (Å²) in [6, 6.07) is 12.4. The lowest BCUT2D eigenvalue weighted by molar-refractivity contribution is 0.0761. The van der Waals surface area contributed by atoms with Gasteiger partial charge in [0.15, 0.2) is 5.11 Å². The molecular formula is C24H28BrN3O3S. The van der Waals surface area contributed by atoms with Crippen LogP contribution in [-0.2, 0) is 0 Å². The predicted molar refractivity (Wildman–Crippen MR) is 134 cm³/mol. The van der Waals surface area contributed by atoms with Crippen LogP contribution in [0, 0.1) is 0 Å². The van der Waals surface area contributed by atoms with Crippen molar-refractivity contribution in [3.05, 3.63) is 58.1 Å². The van der Waals surface area contributed by atoms with Crippen molar-refractivity contribution in [3.8, 4) is 5.75 Å². The average molecular weight is 518 g/mol. The van der Waals surface area contributed by atoms with Crippen LogP contribution in [0.15, 0.2) is 46.9 Å². The van der Waals surface area contributed by atoms with Crippen LogP contribution in [0.4, 0.5) is 5.69 Å². The molecule has 2 amide bonds. The lowest BCUT2D eigenvalue weighted by Gasteiger charge is -2.20. The van der Waals surface area contributed by atoms with Crippen molar-refractivity contribution in [2.75, 3.05) is 18.4 Å². The van der Waals surface area contributed by atoms with Gasteiger partial charge in [-0.2, -0.15) is 0 Å². The maximum absolute atomic E-state index is 12.9. The molecule has 0 aromatic heterocycles. The number of rotatable bonds is 5. The third-order valence-electron chi connectivity index (χ3n) is 5.04. The molecule has 0 atom stereocenters. The second kappa shape index (κ2) is 11.4. The van der Waals surface area contributed by atoms with Crippen molar-refractivity contribution in [1.82, 2.24) is 10.2 Å². The van der Waals surface area contributed by atoms with Gasteiger partial charge in [0.05, 0.1) is 11.7 Å². The Hall–Kier alpha value is -2.45. The van der Waals surface area contributed by atoms with E-state index in [0.717, 1.165) is 30.4 Å². The summed E-state index contributed by atoms with van der Waals surface area (Å²) in [6.45, 7) is 5.38. The quantitative estimate of drug-likeness (QED) is 0.521. The summed E-state index contributed by atoms with van der Waals surface area (Å²) < 4.78 is 6.50. The number of ether oxygens (including phenoxy) is 1. The van der Waals surface area contributed by atoms with Crippen LogP contribution in [0.5, 0.6) is 5.75 Å². The zero-order valence-corrected chi connectivity index (χ0v) is 20.7. The monoisotopic (exact) mass is 517 g/mol. The number of halogens is 1. The fraction of sp³-hybridized carbons (Fsp3) is 0.375. The molecule has 0 aliphatic carbocycles. The van der Waals surface area contributed by atoms with Crippen LogP contribution in [0.3, 0.4) is 0 Å². The number of carbonyl (C=O) groups excluding carboxylic acids is 2. The molecule has 0 bridgehead atoms. The van der Waals surface area contributed by atoms with E-state index >= 15 is 0 Å². The molecule has 3 rings (SSSR count). The van der Waals surface area contributed by atoms with Crippen molar-refractivity contribution >= 4 is 50.8 Å². The van der Waals surface area contributed by atoms with Crippen LogP contribution in [0.25, 0.3) is 0 Å². The van der Waals surface area contributed by atoms with E-state index in [1.807, 2.05) is 30.9 Å². The SMILES string of the molecule is CC(C)Oc1ccc(Br)cc1C(=O)NC(=S)Nc1cccc(C(=O)N2CCCCCC2)c1. The molecule has 1 saturated heterocycles. The Morgan fingerprint density at radius 2 is 1.78 bits per heavy atom. The highest BCUT2D eigenvalue weighted by atomic mass is 79.9. The van der Waals surface area contributed by atoms with Gasteiger partial charge < -0.3 is 15.0 Å². The Labute approximate surface area is 202 Å². The number of thiocarbonyl (C=S) groups is 1. The number of benzene rings is 2. The molecule has 1 aliphatic heterocycles. The summed E-state index contributed by atoms with van der Waals surface area (Å²) in [4.78, 5) is 27.6. The summed E-state index contributed by atoms with van der Waals surface area (Å²) in [5.74, 6) is 0.125. The lowest BCUT2D eigenvalue weighted by atomic mass is 10.1. The minimum atomic E-state index is -0.378. The molecule has 0 saturated carbocycles. The first-order valence-electron chi connectivity index (χ1n) is 10.8. The number of nitrogens with zero attached hydrogens (tertiary/aromatic N) is 1. The first-order valence-corrected chi connectivity index (χ1v) is 12.0. The van der Waals surface area contributed by atoms with E-state index in [2.05, 4.69) is 26.6 Å². The molecule has 1 aliphatic rings. The van der Waals surface area contributed by atoms with Gasteiger partial charge in [-0.3, -0.25) is 14.9 Å². The average Bonchev–Trinajstić information content (AvgIpc) is 3.03. The summed E-state index contributed by atoms with van der Waals surface area (Å²) >= 11 is 8.73.